The zero-order valence-corrected chi connectivity index (χ0v) is 14.9. The van der Waals surface area contributed by atoms with Crippen molar-refractivity contribution < 1.29 is 14.3 Å². The number of unbranched alkanes of at least 4 members (excludes halogenated alkanes) is 1. The van der Waals surface area contributed by atoms with Crippen LogP contribution < -0.4 is 14.8 Å². The lowest BCUT2D eigenvalue weighted by molar-refractivity contribution is 0.102. The Morgan fingerprint density at radius 2 is 1.96 bits per heavy atom. The van der Waals surface area contributed by atoms with Crippen molar-refractivity contribution in [2.24, 2.45) is 0 Å². The molecule has 4 nitrogen and oxygen atoms in total. The third kappa shape index (κ3) is 4.65. The summed E-state index contributed by atoms with van der Waals surface area (Å²) < 4.78 is 11.0. The summed E-state index contributed by atoms with van der Waals surface area (Å²) >= 11 is 6.08. The molecule has 1 N–H and O–H groups in total. The highest BCUT2D eigenvalue weighted by atomic mass is 35.5. The lowest BCUT2D eigenvalue weighted by Crippen LogP contribution is -2.12. The number of hydrogen-bond donors (Lipinski definition) is 1. The van der Waals surface area contributed by atoms with Gasteiger partial charge < -0.3 is 14.8 Å². The lowest BCUT2D eigenvalue weighted by atomic mass is 10.1. The number of methoxy groups -OCH3 is 1. The van der Waals surface area contributed by atoms with Gasteiger partial charge in [-0.15, -0.1) is 0 Å². The van der Waals surface area contributed by atoms with Crippen molar-refractivity contribution in [3.63, 3.8) is 0 Å². The van der Waals surface area contributed by atoms with Gasteiger partial charge in [0.1, 0.15) is 0 Å². The van der Waals surface area contributed by atoms with E-state index in [1.54, 1.807) is 31.4 Å². The molecule has 0 aliphatic carbocycles. The van der Waals surface area contributed by atoms with Crippen LogP contribution in [0.3, 0.4) is 0 Å². The van der Waals surface area contributed by atoms with Crippen LogP contribution in [0.2, 0.25) is 5.02 Å². The molecule has 0 atom stereocenters. The summed E-state index contributed by atoms with van der Waals surface area (Å²) in [7, 11) is 1.56. The second-order valence-corrected chi connectivity index (χ2v) is 5.89. The number of carbonyl (C=O) groups is 1. The van der Waals surface area contributed by atoms with Gasteiger partial charge in [0.25, 0.3) is 5.91 Å². The summed E-state index contributed by atoms with van der Waals surface area (Å²) in [4.78, 5) is 12.4. The Morgan fingerprint density at radius 1 is 1.17 bits per heavy atom. The molecule has 5 heteroatoms. The van der Waals surface area contributed by atoms with Crippen molar-refractivity contribution >= 4 is 23.2 Å². The Labute approximate surface area is 147 Å². The van der Waals surface area contributed by atoms with Gasteiger partial charge in [-0.25, -0.2) is 0 Å². The summed E-state index contributed by atoms with van der Waals surface area (Å²) in [6.07, 6.45) is 2.03. The molecule has 2 rings (SSSR count). The molecule has 0 unspecified atom stereocenters. The van der Waals surface area contributed by atoms with Crippen molar-refractivity contribution in [1.29, 1.82) is 0 Å². The molecule has 1 amide bonds. The third-order valence-corrected chi connectivity index (χ3v) is 4.02. The topological polar surface area (TPSA) is 47.6 Å². The van der Waals surface area contributed by atoms with Gasteiger partial charge in [-0.1, -0.05) is 31.0 Å². The quantitative estimate of drug-likeness (QED) is 0.710. The van der Waals surface area contributed by atoms with Crippen molar-refractivity contribution in [2.45, 2.75) is 26.7 Å². The van der Waals surface area contributed by atoms with E-state index in [9.17, 15) is 4.79 Å². The van der Waals surface area contributed by atoms with Crippen LogP contribution in [0.1, 0.15) is 35.7 Å². The van der Waals surface area contributed by atoms with E-state index in [1.807, 2.05) is 19.1 Å². The number of ether oxygens (including phenoxy) is 2. The zero-order valence-electron chi connectivity index (χ0n) is 14.2. The fraction of sp³-hybridized carbons (Fsp3) is 0.316. The van der Waals surface area contributed by atoms with Gasteiger partial charge in [0.2, 0.25) is 0 Å². The largest absolute Gasteiger partial charge is 0.493 e. The number of nitrogens with one attached hydrogen (secondary N) is 1. The molecule has 0 aliphatic heterocycles. The van der Waals surface area contributed by atoms with E-state index in [4.69, 9.17) is 21.1 Å². The minimum absolute atomic E-state index is 0.228. The van der Waals surface area contributed by atoms with Crippen molar-refractivity contribution in [1.82, 2.24) is 0 Å². The number of amides is 1. The van der Waals surface area contributed by atoms with Crippen molar-refractivity contribution in [3.8, 4) is 11.5 Å². The standard InChI is InChI=1S/C19H22ClNO3/c1-4-5-10-24-17-9-7-14(11-18(17)23-3)19(22)21-15-8-6-13(2)16(20)12-15/h6-9,11-12H,4-5,10H2,1-3H3,(H,21,22). The van der Waals surface area contributed by atoms with E-state index >= 15 is 0 Å². The summed E-state index contributed by atoms with van der Waals surface area (Å²) in [5.41, 5.74) is 2.11. The van der Waals surface area contributed by atoms with E-state index in [1.165, 1.54) is 0 Å². The van der Waals surface area contributed by atoms with Crippen LogP contribution in [0.25, 0.3) is 0 Å². The molecule has 0 radical (unpaired) electrons. The van der Waals surface area contributed by atoms with Crippen LogP contribution in [-0.2, 0) is 0 Å². The SMILES string of the molecule is CCCCOc1ccc(C(=O)Nc2ccc(C)c(Cl)c2)cc1OC. The summed E-state index contributed by atoms with van der Waals surface area (Å²) in [5, 5.41) is 3.45. The van der Waals surface area contributed by atoms with E-state index < -0.39 is 0 Å². The molecule has 24 heavy (non-hydrogen) atoms. The predicted octanol–water partition coefficient (Wildman–Crippen LogP) is 5.09. The number of anilines is 1. The number of hydrogen-bond acceptors (Lipinski definition) is 3. The molecule has 0 fully saturated rings. The average molecular weight is 348 g/mol. The molecule has 0 saturated carbocycles. The monoisotopic (exact) mass is 347 g/mol. The van der Waals surface area contributed by atoms with Gasteiger partial charge in [-0.3, -0.25) is 4.79 Å². The maximum absolute atomic E-state index is 12.4. The number of halogens is 1. The Kier molecular flexibility index (Phi) is 6.50. The minimum atomic E-state index is -0.228. The summed E-state index contributed by atoms with van der Waals surface area (Å²) in [5.74, 6) is 0.954. The first kappa shape index (κ1) is 18.1. The van der Waals surface area contributed by atoms with Gasteiger partial charge in [0, 0.05) is 16.3 Å². The Bertz CT molecular complexity index is 716. The molecule has 0 aliphatic rings. The second-order valence-electron chi connectivity index (χ2n) is 5.49. The summed E-state index contributed by atoms with van der Waals surface area (Å²) in [6, 6.07) is 10.6. The number of aryl methyl sites for hydroxylation is 1. The maximum Gasteiger partial charge on any atom is 0.255 e. The molecular weight excluding hydrogens is 326 g/mol. The Balaban J connectivity index is 2.12. The van der Waals surface area contributed by atoms with Crippen LogP contribution in [0.4, 0.5) is 5.69 Å². The lowest BCUT2D eigenvalue weighted by Gasteiger charge is -2.12. The molecule has 2 aromatic carbocycles. The normalized spacial score (nSPS) is 10.3. The van der Waals surface area contributed by atoms with Gasteiger partial charge in [-0.05, 0) is 49.2 Å². The first-order valence-corrected chi connectivity index (χ1v) is 8.31. The highest BCUT2D eigenvalue weighted by Gasteiger charge is 2.12. The first-order chi connectivity index (χ1) is 11.5. The van der Waals surface area contributed by atoms with E-state index in [0.29, 0.717) is 34.4 Å². The van der Waals surface area contributed by atoms with Gasteiger partial charge in [0.15, 0.2) is 11.5 Å². The molecule has 0 bridgehead atoms. The predicted molar refractivity (Wildman–Crippen MR) is 97.5 cm³/mol. The fourth-order valence-electron chi connectivity index (χ4n) is 2.13. The highest BCUT2D eigenvalue weighted by Crippen LogP contribution is 2.29. The van der Waals surface area contributed by atoms with Crippen LogP contribution in [0, 0.1) is 6.92 Å². The molecule has 2 aromatic rings. The van der Waals surface area contributed by atoms with Crippen LogP contribution in [-0.4, -0.2) is 19.6 Å². The Hall–Kier alpha value is -2.20. The van der Waals surface area contributed by atoms with Crippen LogP contribution in [0.5, 0.6) is 11.5 Å². The third-order valence-electron chi connectivity index (χ3n) is 3.61. The second kappa shape index (κ2) is 8.60. The molecule has 0 aromatic heterocycles. The van der Waals surface area contributed by atoms with Crippen molar-refractivity contribution in [3.05, 3.63) is 52.5 Å². The Morgan fingerprint density at radius 3 is 2.62 bits per heavy atom. The molecule has 0 saturated heterocycles. The number of rotatable bonds is 7. The van der Waals surface area contributed by atoms with Crippen molar-refractivity contribution in [2.75, 3.05) is 19.0 Å². The molecule has 0 heterocycles. The summed E-state index contributed by atoms with van der Waals surface area (Å²) in [6.45, 7) is 4.64. The average Bonchev–Trinajstić information content (AvgIpc) is 2.58. The van der Waals surface area contributed by atoms with Crippen LogP contribution in [0.15, 0.2) is 36.4 Å². The van der Waals surface area contributed by atoms with Gasteiger partial charge >= 0.3 is 0 Å². The van der Waals surface area contributed by atoms with E-state index in [0.717, 1.165) is 18.4 Å². The fourth-order valence-corrected chi connectivity index (χ4v) is 2.31. The van der Waals surface area contributed by atoms with Gasteiger partial charge in [0.05, 0.1) is 13.7 Å². The molecule has 0 spiro atoms. The van der Waals surface area contributed by atoms with Gasteiger partial charge in [-0.2, -0.15) is 0 Å². The molecule has 128 valence electrons. The van der Waals surface area contributed by atoms with Crippen LogP contribution >= 0.6 is 11.6 Å². The van der Waals surface area contributed by atoms with E-state index in [-0.39, 0.29) is 5.91 Å². The smallest absolute Gasteiger partial charge is 0.255 e. The number of carbonyl (C=O) groups excluding carboxylic acids is 1. The minimum Gasteiger partial charge on any atom is -0.493 e. The maximum atomic E-state index is 12.4. The number of benzene rings is 2. The van der Waals surface area contributed by atoms with E-state index in [2.05, 4.69) is 12.2 Å². The zero-order chi connectivity index (χ0) is 17.5. The molecular formula is C19H22ClNO3. The highest BCUT2D eigenvalue weighted by molar-refractivity contribution is 6.31. The first-order valence-electron chi connectivity index (χ1n) is 7.93.